The Morgan fingerprint density at radius 2 is 2.05 bits per heavy atom. The van der Waals surface area contributed by atoms with Crippen LogP contribution in [0.25, 0.3) is 0 Å². The fourth-order valence-corrected chi connectivity index (χ4v) is 5.40. The first-order valence-electron chi connectivity index (χ1n) is 7.61. The van der Waals surface area contributed by atoms with Crippen molar-refractivity contribution in [2.45, 2.75) is 53.6 Å². The molecule has 1 spiro atoms. The maximum Gasteiger partial charge on any atom is 0.302 e. The van der Waals surface area contributed by atoms with Crippen molar-refractivity contribution in [3.63, 3.8) is 0 Å². The molecule has 0 bridgehead atoms. The van der Waals surface area contributed by atoms with E-state index in [0.717, 1.165) is 12.8 Å². The van der Waals surface area contributed by atoms with Crippen LogP contribution in [0.3, 0.4) is 0 Å². The van der Waals surface area contributed by atoms with E-state index in [1.807, 2.05) is 0 Å². The molecular formula is C17H24O3. The first kappa shape index (κ1) is 13.8. The number of hydrogen-bond donors (Lipinski definition) is 0. The van der Waals surface area contributed by atoms with Crippen LogP contribution >= 0.6 is 0 Å². The van der Waals surface area contributed by atoms with Gasteiger partial charge in [-0.1, -0.05) is 32.4 Å². The molecule has 0 radical (unpaired) electrons. The zero-order valence-electron chi connectivity index (χ0n) is 13.0. The molecule has 0 aliphatic heterocycles. The van der Waals surface area contributed by atoms with Crippen LogP contribution in [-0.4, -0.2) is 17.9 Å². The second-order valence-corrected chi connectivity index (χ2v) is 7.59. The molecule has 3 heteroatoms. The monoisotopic (exact) mass is 276 g/mol. The fraction of sp³-hybridized carbons (Fsp3) is 0.765. The standard InChI is InChI=1S/C17H24O3/c1-9-6-13(20-11(3)18)14-10(2)7-12-15(19)16(4,5)17(12,14)8-9/h7,9,12-14H,6,8H2,1-5H3/t9-,12-,13+,14?,17-/m0/s1. The molecule has 0 aromatic heterocycles. The molecule has 0 N–H and O–H groups in total. The molecule has 3 nitrogen and oxygen atoms in total. The van der Waals surface area contributed by atoms with Crippen molar-refractivity contribution in [1.82, 2.24) is 0 Å². The Balaban J connectivity index is 2.04. The molecule has 3 rings (SSSR count). The molecule has 110 valence electrons. The average molecular weight is 276 g/mol. The lowest BCUT2D eigenvalue weighted by atomic mass is 9.38. The van der Waals surface area contributed by atoms with E-state index in [1.165, 1.54) is 12.5 Å². The summed E-state index contributed by atoms with van der Waals surface area (Å²) in [4.78, 5) is 23.9. The average Bonchev–Trinajstić information content (AvgIpc) is 2.60. The predicted octanol–water partition coefficient (Wildman–Crippen LogP) is 3.14. The fourth-order valence-electron chi connectivity index (χ4n) is 5.40. The van der Waals surface area contributed by atoms with Crippen molar-refractivity contribution in [2.75, 3.05) is 0 Å². The first-order valence-corrected chi connectivity index (χ1v) is 7.61. The summed E-state index contributed by atoms with van der Waals surface area (Å²) in [7, 11) is 0. The van der Waals surface area contributed by atoms with Crippen LogP contribution in [0.15, 0.2) is 11.6 Å². The third-order valence-electron chi connectivity index (χ3n) is 6.10. The van der Waals surface area contributed by atoms with E-state index in [4.69, 9.17) is 4.74 Å². The third kappa shape index (κ3) is 1.41. The van der Waals surface area contributed by atoms with Crippen molar-refractivity contribution in [1.29, 1.82) is 0 Å². The topological polar surface area (TPSA) is 43.4 Å². The van der Waals surface area contributed by atoms with Gasteiger partial charge in [0, 0.05) is 29.6 Å². The number of esters is 1. The molecule has 1 unspecified atom stereocenters. The van der Waals surface area contributed by atoms with E-state index in [2.05, 4.69) is 33.8 Å². The number of carbonyl (C=O) groups excluding carboxylic acids is 2. The Hall–Kier alpha value is -1.12. The minimum atomic E-state index is -0.302. The summed E-state index contributed by atoms with van der Waals surface area (Å²) in [5.41, 5.74) is 0.919. The number of ether oxygens (including phenoxy) is 1. The minimum Gasteiger partial charge on any atom is -0.462 e. The van der Waals surface area contributed by atoms with Crippen molar-refractivity contribution in [3.8, 4) is 0 Å². The lowest BCUT2D eigenvalue weighted by Gasteiger charge is -2.64. The van der Waals surface area contributed by atoms with Crippen LogP contribution < -0.4 is 0 Å². The van der Waals surface area contributed by atoms with Gasteiger partial charge in [-0.3, -0.25) is 9.59 Å². The largest absolute Gasteiger partial charge is 0.462 e. The Morgan fingerprint density at radius 1 is 1.40 bits per heavy atom. The van der Waals surface area contributed by atoms with Crippen LogP contribution in [0.5, 0.6) is 0 Å². The van der Waals surface area contributed by atoms with Crippen molar-refractivity contribution < 1.29 is 14.3 Å². The molecule has 5 atom stereocenters. The summed E-state index contributed by atoms with van der Waals surface area (Å²) in [5, 5.41) is 0. The van der Waals surface area contributed by atoms with Crippen LogP contribution in [0.4, 0.5) is 0 Å². The number of Topliss-reactive ketones (excluding diaryl/α,β-unsaturated/α-hetero) is 1. The summed E-state index contributed by atoms with van der Waals surface area (Å²) in [6.07, 6.45) is 4.05. The Kier molecular flexibility index (Phi) is 2.74. The summed E-state index contributed by atoms with van der Waals surface area (Å²) in [6, 6.07) is 0. The van der Waals surface area contributed by atoms with Gasteiger partial charge in [-0.15, -0.1) is 0 Å². The first-order chi connectivity index (χ1) is 9.21. The summed E-state index contributed by atoms with van der Waals surface area (Å²) in [6.45, 7) is 9.95. The number of allylic oxidation sites excluding steroid dienone is 1. The Morgan fingerprint density at radius 3 is 2.65 bits per heavy atom. The summed E-state index contributed by atoms with van der Waals surface area (Å²) in [5.74, 6) is 0.905. The van der Waals surface area contributed by atoms with Crippen molar-refractivity contribution in [2.24, 2.45) is 28.6 Å². The highest BCUT2D eigenvalue weighted by molar-refractivity contribution is 5.97. The number of carbonyl (C=O) groups is 2. The predicted molar refractivity (Wildman–Crippen MR) is 75.9 cm³/mol. The molecule has 2 saturated carbocycles. The molecule has 2 fully saturated rings. The molecule has 20 heavy (non-hydrogen) atoms. The molecule has 0 aromatic carbocycles. The van der Waals surface area contributed by atoms with Crippen LogP contribution in [0.1, 0.15) is 47.5 Å². The van der Waals surface area contributed by atoms with Gasteiger partial charge in [0.2, 0.25) is 0 Å². The number of rotatable bonds is 1. The van der Waals surface area contributed by atoms with Gasteiger partial charge in [0.1, 0.15) is 11.9 Å². The zero-order chi connectivity index (χ0) is 14.9. The maximum atomic E-state index is 12.4. The molecule has 0 heterocycles. The number of hydrogen-bond acceptors (Lipinski definition) is 3. The SMILES string of the molecule is CC(=O)O[C@@H]1C[C@H](C)C[C@@]23C1C(C)=C[C@H]2C(=O)C3(C)C. The highest BCUT2D eigenvalue weighted by Crippen LogP contribution is 2.72. The van der Waals surface area contributed by atoms with E-state index in [-0.39, 0.29) is 34.7 Å². The molecule has 3 aliphatic carbocycles. The van der Waals surface area contributed by atoms with Crippen LogP contribution in [0.2, 0.25) is 0 Å². The van der Waals surface area contributed by atoms with E-state index >= 15 is 0 Å². The van der Waals surface area contributed by atoms with Gasteiger partial charge in [0.25, 0.3) is 0 Å². The Bertz CT molecular complexity index is 516. The summed E-state index contributed by atoms with van der Waals surface area (Å²) >= 11 is 0. The zero-order valence-corrected chi connectivity index (χ0v) is 13.0. The molecule has 0 aromatic rings. The highest BCUT2D eigenvalue weighted by Gasteiger charge is 2.74. The lowest BCUT2D eigenvalue weighted by Crippen LogP contribution is -2.67. The second kappa shape index (κ2) is 3.96. The van der Waals surface area contributed by atoms with Gasteiger partial charge in [-0.25, -0.2) is 0 Å². The smallest absolute Gasteiger partial charge is 0.302 e. The minimum absolute atomic E-state index is 0.0219. The molecule has 3 aliphatic rings. The van der Waals surface area contributed by atoms with Gasteiger partial charge in [0.05, 0.1) is 0 Å². The van der Waals surface area contributed by atoms with Crippen molar-refractivity contribution >= 4 is 11.8 Å². The Labute approximate surface area is 120 Å². The molecule has 0 saturated heterocycles. The second-order valence-electron chi connectivity index (χ2n) is 7.59. The quantitative estimate of drug-likeness (QED) is 0.546. The van der Waals surface area contributed by atoms with Gasteiger partial charge in [-0.2, -0.15) is 0 Å². The highest BCUT2D eigenvalue weighted by atomic mass is 16.5. The molecular weight excluding hydrogens is 252 g/mol. The van der Waals surface area contributed by atoms with Gasteiger partial charge < -0.3 is 4.74 Å². The van der Waals surface area contributed by atoms with E-state index in [9.17, 15) is 9.59 Å². The van der Waals surface area contributed by atoms with Gasteiger partial charge in [0.15, 0.2) is 0 Å². The summed E-state index contributed by atoms with van der Waals surface area (Å²) < 4.78 is 5.63. The van der Waals surface area contributed by atoms with E-state index in [0.29, 0.717) is 11.7 Å². The van der Waals surface area contributed by atoms with Crippen LogP contribution in [0, 0.1) is 28.6 Å². The number of ketones is 1. The van der Waals surface area contributed by atoms with Crippen LogP contribution in [-0.2, 0) is 14.3 Å². The third-order valence-corrected chi connectivity index (χ3v) is 6.10. The molecule has 0 amide bonds. The maximum absolute atomic E-state index is 12.4. The van der Waals surface area contributed by atoms with Gasteiger partial charge in [-0.05, 0) is 25.7 Å². The van der Waals surface area contributed by atoms with Gasteiger partial charge >= 0.3 is 5.97 Å². The normalized spacial score (nSPS) is 45.0. The lowest BCUT2D eigenvalue weighted by molar-refractivity contribution is -0.197. The van der Waals surface area contributed by atoms with E-state index < -0.39 is 0 Å². The van der Waals surface area contributed by atoms with Crippen molar-refractivity contribution in [3.05, 3.63) is 11.6 Å². The van der Waals surface area contributed by atoms with E-state index in [1.54, 1.807) is 0 Å².